The average Bonchev–Trinajstić information content (AvgIpc) is 2.33. The number of hydrogen-bond acceptors (Lipinski definition) is 3. The molecule has 1 saturated heterocycles. The van der Waals surface area contributed by atoms with Crippen molar-refractivity contribution in [1.29, 1.82) is 0 Å². The van der Waals surface area contributed by atoms with E-state index in [9.17, 15) is 9.90 Å². The second-order valence-electron chi connectivity index (χ2n) is 5.63. The number of nitrogens with one attached hydrogen (secondary N) is 1. The van der Waals surface area contributed by atoms with Gasteiger partial charge >= 0.3 is 0 Å². The van der Waals surface area contributed by atoms with Gasteiger partial charge in [0.1, 0.15) is 5.75 Å². The van der Waals surface area contributed by atoms with Crippen molar-refractivity contribution < 1.29 is 26.8 Å². The lowest BCUT2D eigenvalue weighted by atomic mass is 10.2. The van der Waals surface area contributed by atoms with E-state index < -0.39 is 0 Å². The Morgan fingerprint density at radius 1 is 1.40 bits per heavy atom. The first-order valence-electron chi connectivity index (χ1n) is 6.58. The third kappa shape index (κ3) is 4.67. The number of halogens is 1. The van der Waals surface area contributed by atoms with Crippen LogP contribution in [0.4, 0.5) is 5.69 Å². The zero-order valence-corrected chi connectivity index (χ0v) is 12.7. The molecule has 1 aromatic carbocycles. The van der Waals surface area contributed by atoms with Crippen molar-refractivity contribution >= 4 is 11.6 Å². The number of likely N-dealkylation sites (N-methyl/N-ethyl adjacent to an activating group) is 2. The van der Waals surface area contributed by atoms with Crippen molar-refractivity contribution in [2.24, 2.45) is 0 Å². The van der Waals surface area contributed by atoms with Gasteiger partial charge in [0.25, 0.3) is 5.91 Å². The summed E-state index contributed by atoms with van der Waals surface area (Å²) in [5, 5.41) is 12.2. The Hall–Kier alpha value is -1.30. The lowest BCUT2D eigenvalue weighted by Crippen LogP contribution is -3.00. The van der Waals surface area contributed by atoms with Crippen LogP contribution in [0.1, 0.15) is 0 Å². The number of carbonyl (C=O) groups is 1. The van der Waals surface area contributed by atoms with Gasteiger partial charge in [-0.05, 0) is 19.2 Å². The van der Waals surface area contributed by atoms with Crippen LogP contribution < -0.4 is 17.7 Å². The third-order valence-corrected chi connectivity index (χ3v) is 3.70. The molecule has 20 heavy (non-hydrogen) atoms. The number of carbonyl (C=O) groups excluding carboxylic acids is 1. The minimum atomic E-state index is -0.00217. The fourth-order valence-corrected chi connectivity index (χ4v) is 2.34. The molecule has 0 aliphatic carbocycles. The Morgan fingerprint density at radius 3 is 2.65 bits per heavy atom. The molecule has 5 nitrogen and oxygen atoms in total. The van der Waals surface area contributed by atoms with Gasteiger partial charge < -0.3 is 27.3 Å². The van der Waals surface area contributed by atoms with Crippen LogP contribution in [0.3, 0.4) is 0 Å². The fourth-order valence-electron chi connectivity index (χ4n) is 2.34. The molecule has 1 aliphatic rings. The molecule has 1 amide bonds. The molecule has 0 radical (unpaired) electrons. The second-order valence-corrected chi connectivity index (χ2v) is 5.63. The zero-order chi connectivity index (χ0) is 13.9. The summed E-state index contributed by atoms with van der Waals surface area (Å²) in [5.41, 5.74) is 0.644. The highest BCUT2D eigenvalue weighted by Crippen LogP contribution is 2.16. The Labute approximate surface area is 126 Å². The lowest BCUT2D eigenvalue weighted by molar-refractivity contribution is -0.905. The number of aromatic hydroxyl groups is 1. The monoisotopic (exact) mass is 299 g/mol. The van der Waals surface area contributed by atoms with Gasteiger partial charge in [0.15, 0.2) is 6.54 Å². The van der Waals surface area contributed by atoms with Crippen molar-refractivity contribution in [1.82, 2.24) is 4.90 Å². The van der Waals surface area contributed by atoms with Gasteiger partial charge in [-0.15, -0.1) is 0 Å². The fraction of sp³-hybridized carbons (Fsp3) is 0.500. The first-order valence-corrected chi connectivity index (χ1v) is 6.58. The van der Waals surface area contributed by atoms with Crippen LogP contribution in [-0.2, 0) is 4.79 Å². The van der Waals surface area contributed by atoms with E-state index in [1.54, 1.807) is 24.3 Å². The molecule has 0 bridgehead atoms. The summed E-state index contributed by atoms with van der Waals surface area (Å²) in [5.74, 6) is 0.162. The summed E-state index contributed by atoms with van der Waals surface area (Å²) in [6, 6.07) is 6.64. The highest BCUT2D eigenvalue weighted by atomic mass is 35.5. The number of quaternary nitrogens is 1. The Balaban J connectivity index is 0.00000200. The summed E-state index contributed by atoms with van der Waals surface area (Å²) in [6.07, 6.45) is 0. The van der Waals surface area contributed by atoms with Crippen LogP contribution in [0.5, 0.6) is 5.75 Å². The second kappa shape index (κ2) is 6.92. The van der Waals surface area contributed by atoms with Crippen LogP contribution in [0.2, 0.25) is 0 Å². The van der Waals surface area contributed by atoms with Crippen molar-refractivity contribution in [2.45, 2.75) is 0 Å². The largest absolute Gasteiger partial charge is 1.00 e. The molecule has 1 aromatic rings. The van der Waals surface area contributed by atoms with E-state index in [1.165, 1.54) is 0 Å². The molecular formula is C14H22ClN3O2. The van der Waals surface area contributed by atoms with Crippen molar-refractivity contribution in [3.05, 3.63) is 24.3 Å². The molecule has 2 N–H and O–H groups in total. The SMILES string of the molecule is CN1CC[N+](C)(CC(=O)Nc2cccc(O)c2)CC1.[Cl-]. The molecule has 1 aliphatic heterocycles. The van der Waals surface area contributed by atoms with E-state index in [0.29, 0.717) is 12.2 Å². The molecular weight excluding hydrogens is 278 g/mol. The smallest absolute Gasteiger partial charge is 0.279 e. The number of piperazine rings is 1. The number of phenols is 1. The van der Waals surface area contributed by atoms with E-state index in [-0.39, 0.29) is 24.1 Å². The topological polar surface area (TPSA) is 52.6 Å². The van der Waals surface area contributed by atoms with Crippen LogP contribution in [0.15, 0.2) is 24.3 Å². The molecule has 0 aromatic heterocycles. The predicted molar refractivity (Wildman–Crippen MR) is 75.0 cm³/mol. The summed E-state index contributed by atoms with van der Waals surface area (Å²) in [7, 11) is 4.23. The van der Waals surface area contributed by atoms with Crippen molar-refractivity contribution in [2.75, 3.05) is 52.1 Å². The van der Waals surface area contributed by atoms with Crippen LogP contribution >= 0.6 is 0 Å². The Kier molecular flexibility index (Phi) is 5.80. The molecule has 1 fully saturated rings. The van der Waals surface area contributed by atoms with E-state index in [2.05, 4.69) is 24.3 Å². The third-order valence-electron chi connectivity index (χ3n) is 3.70. The number of anilines is 1. The first-order chi connectivity index (χ1) is 8.97. The standard InChI is InChI=1S/C14H21N3O2.ClH/c1-16-6-8-17(2,9-7-16)11-14(19)15-12-4-3-5-13(18)10-12;/h3-5,10H,6-9,11H2,1-2H3,(H-,15,18,19);1H. The Bertz CT molecular complexity index is 459. The van der Waals surface area contributed by atoms with E-state index in [4.69, 9.17) is 0 Å². The molecule has 2 rings (SSSR count). The molecule has 0 unspecified atom stereocenters. The number of amides is 1. The first kappa shape index (κ1) is 16.8. The van der Waals surface area contributed by atoms with E-state index in [0.717, 1.165) is 30.7 Å². The highest BCUT2D eigenvalue weighted by Gasteiger charge is 2.29. The quantitative estimate of drug-likeness (QED) is 0.619. The zero-order valence-electron chi connectivity index (χ0n) is 12.0. The summed E-state index contributed by atoms with van der Waals surface area (Å²) in [4.78, 5) is 14.3. The van der Waals surface area contributed by atoms with Crippen LogP contribution in [-0.4, -0.2) is 67.2 Å². The normalized spacial score (nSPS) is 18.1. The summed E-state index contributed by atoms with van der Waals surface area (Å²) < 4.78 is 0.773. The number of hydrogen-bond donors (Lipinski definition) is 2. The molecule has 0 saturated carbocycles. The van der Waals surface area contributed by atoms with E-state index in [1.807, 2.05) is 0 Å². The highest BCUT2D eigenvalue weighted by molar-refractivity contribution is 5.91. The van der Waals surface area contributed by atoms with Gasteiger partial charge in [0, 0.05) is 24.8 Å². The molecule has 0 atom stereocenters. The average molecular weight is 300 g/mol. The summed E-state index contributed by atoms with van der Waals surface area (Å²) >= 11 is 0. The molecule has 1 heterocycles. The van der Waals surface area contributed by atoms with Crippen LogP contribution in [0, 0.1) is 0 Å². The predicted octanol–water partition coefficient (Wildman–Crippen LogP) is -2.27. The maximum atomic E-state index is 12.1. The summed E-state index contributed by atoms with van der Waals surface area (Å²) in [6.45, 7) is 4.50. The van der Waals surface area contributed by atoms with Gasteiger partial charge in [-0.2, -0.15) is 0 Å². The lowest BCUT2D eigenvalue weighted by Gasteiger charge is -2.40. The van der Waals surface area contributed by atoms with Gasteiger partial charge in [-0.3, -0.25) is 9.69 Å². The molecule has 0 spiro atoms. The minimum absolute atomic E-state index is 0. The number of rotatable bonds is 3. The van der Waals surface area contributed by atoms with Crippen molar-refractivity contribution in [3.63, 3.8) is 0 Å². The van der Waals surface area contributed by atoms with E-state index >= 15 is 0 Å². The minimum Gasteiger partial charge on any atom is -1.00 e. The van der Waals surface area contributed by atoms with Gasteiger partial charge in [-0.1, -0.05) is 6.07 Å². The Morgan fingerprint density at radius 2 is 2.05 bits per heavy atom. The molecule has 112 valence electrons. The van der Waals surface area contributed by atoms with Gasteiger partial charge in [0.2, 0.25) is 0 Å². The maximum Gasteiger partial charge on any atom is 0.279 e. The maximum absolute atomic E-state index is 12.1. The number of nitrogens with zero attached hydrogens (tertiary/aromatic N) is 2. The van der Waals surface area contributed by atoms with Crippen LogP contribution in [0.25, 0.3) is 0 Å². The van der Waals surface area contributed by atoms with Gasteiger partial charge in [0.05, 0.1) is 20.1 Å². The molecule has 6 heteroatoms. The van der Waals surface area contributed by atoms with Crippen molar-refractivity contribution in [3.8, 4) is 5.75 Å². The van der Waals surface area contributed by atoms with Gasteiger partial charge in [-0.25, -0.2) is 0 Å². The number of phenolic OH excluding ortho intramolecular Hbond substituents is 1. The number of benzene rings is 1.